The summed E-state index contributed by atoms with van der Waals surface area (Å²) in [7, 11) is -7.67. The Morgan fingerprint density at radius 3 is 1.45 bits per heavy atom. The van der Waals surface area contributed by atoms with E-state index in [0.29, 0.717) is 44.9 Å². The topological polar surface area (TPSA) is 156 Å². The molecule has 1 aliphatic carbocycles. The van der Waals surface area contributed by atoms with Gasteiger partial charge in [0.05, 0.1) is 51.7 Å². The van der Waals surface area contributed by atoms with Crippen molar-refractivity contribution in [2.24, 2.45) is 10.8 Å². The van der Waals surface area contributed by atoms with Crippen LogP contribution in [0.5, 0.6) is 0 Å². The van der Waals surface area contributed by atoms with Gasteiger partial charge in [-0.25, -0.2) is 16.8 Å². The fourth-order valence-electron chi connectivity index (χ4n) is 12.0. The van der Waals surface area contributed by atoms with Crippen LogP contribution >= 0.6 is 46.4 Å². The first kappa shape index (κ1) is 59.3. The second-order valence-electron chi connectivity index (χ2n) is 21.7. The zero-order chi connectivity index (χ0) is 56.3. The molecule has 8 rings (SSSR count). The quantitative estimate of drug-likeness (QED) is 0.0547. The summed E-state index contributed by atoms with van der Waals surface area (Å²) in [6, 6.07) is 33.8. The number of likely N-dealkylation sites (tertiary alicyclic amines) is 2. The van der Waals surface area contributed by atoms with Gasteiger partial charge in [-0.15, -0.1) is 0 Å². The molecule has 416 valence electrons. The van der Waals surface area contributed by atoms with Crippen molar-refractivity contribution in [2.75, 3.05) is 18.8 Å². The number of piperidine rings is 2. The highest BCUT2D eigenvalue weighted by Gasteiger charge is 2.55. The summed E-state index contributed by atoms with van der Waals surface area (Å²) in [5.41, 5.74) is -0.104. The van der Waals surface area contributed by atoms with E-state index in [0.717, 1.165) is 23.1 Å². The van der Waals surface area contributed by atoms with E-state index in [1.807, 2.05) is 62.4 Å². The number of carbonyl (C=O) groups excluding carboxylic acids is 4. The van der Waals surface area contributed by atoms with Crippen LogP contribution in [0.2, 0.25) is 20.1 Å². The Morgan fingerprint density at radius 2 is 1.05 bits per heavy atom. The zero-order valence-corrected chi connectivity index (χ0v) is 49.2. The number of benzene rings is 5. The predicted octanol–water partition coefficient (Wildman–Crippen LogP) is 13.2. The van der Waals surface area contributed by atoms with Gasteiger partial charge in [0.15, 0.2) is 9.84 Å². The van der Waals surface area contributed by atoms with Crippen LogP contribution in [0.1, 0.15) is 139 Å². The Labute approximate surface area is 479 Å². The lowest BCUT2D eigenvalue weighted by Crippen LogP contribution is -2.59. The standard InChI is InChI=1S/C60H67Cl4N3O9S2/c1-6-47(37-65(8-3)78(74,75)50-21-14-22-50)66-55(39-23-27-43(61)28-24-39)51(41-15-12-17-45(63)31-41)33-59(4,57(66)70)35-53(68)76-54(69)36-60(5)34-52(42-16-13-18-46(64)32-42)56(40-25-29-44(62)30-26-40)67(58(60)71)48(7-2)38-77(72,73)49-19-10-9-11-20-49/h9-13,15-20,23-32,47-48,50-52,55-56H,6-8,14,21-22,33-38H2,1-5H3. The SMILES string of the molecule is CCC(CN(CC)S(=O)(=O)C1CCC1)N1C(=O)C(C)(CC(=O)OC(=O)CC2(C)CC(c3cccc(Cl)c3)C(c3ccc(Cl)cc3)N(C(CC)CS(=O)(=O)c3ccccc3)C2=O)CC(c2cccc(Cl)c2)C1c1ccc(Cl)cc1. The minimum Gasteiger partial charge on any atom is -0.393 e. The summed E-state index contributed by atoms with van der Waals surface area (Å²) in [5, 5.41) is 1.34. The van der Waals surface area contributed by atoms with Gasteiger partial charge in [-0.2, -0.15) is 4.31 Å². The number of hydrogen-bond acceptors (Lipinski definition) is 9. The normalized spacial score (nSPS) is 23.9. The smallest absolute Gasteiger partial charge is 0.314 e. The van der Waals surface area contributed by atoms with Crippen molar-refractivity contribution in [3.63, 3.8) is 0 Å². The maximum atomic E-state index is 15.7. The minimum absolute atomic E-state index is 0.0126. The molecule has 2 amide bonds. The van der Waals surface area contributed by atoms with Gasteiger partial charge >= 0.3 is 11.9 Å². The molecule has 2 heterocycles. The highest BCUT2D eigenvalue weighted by atomic mass is 35.5. The van der Waals surface area contributed by atoms with Crippen LogP contribution in [0.3, 0.4) is 0 Å². The van der Waals surface area contributed by atoms with Crippen molar-refractivity contribution >= 4 is 90.0 Å². The molecule has 3 fully saturated rings. The molecule has 2 saturated heterocycles. The summed E-state index contributed by atoms with van der Waals surface area (Å²) >= 11 is 26.2. The van der Waals surface area contributed by atoms with Gasteiger partial charge in [0.25, 0.3) is 0 Å². The second-order valence-corrected chi connectivity index (χ2v) is 27.7. The first-order chi connectivity index (χ1) is 37.0. The molecule has 12 nitrogen and oxygen atoms in total. The number of rotatable bonds is 20. The molecule has 5 aromatic carbocycles. The minimum atomic E-state index is -3.96. The molecule has 1 saturated carbocycles. The fourth-order valence-corrected chi connectivity index (χ4v) is 16.5. The molecule has 78 heavy (non-hydrogen) atoms. The van der Waals surface area contributed by atoms with Gasteiger partial charge in [-0.05, 0) is 121 Å². The molecule has 5 aromatic rings. The first-order valence-electron chi connectivity index (χ1n) is 26.7. The van der Waals surface area contributed by atoms with Crippen molar-refractivity contribution in [1.82, 2.24) is 14.1 Å². The predicted molar refractivity (Wildman–Crippen MR) is 307 cm³/mol. The lowest BCUT2D eigenvalue weighted by molar-refractivity contribution is -0.172. The highest BCUT2D eigenvalue weighted by Crippen LogP contribution is 2.55. The molecule has 18 heteroatoms. The molecule has 8 unspecified atom stereocenters. The van der Waals surface area contributed by atoms with Crippen LogP contribution in [-0.2, 0) is 43.8 Å². The number of amides is 2. The third-order valence-electron chi connectivity index (χ3n) is 16.3. The molecular weight excluding hydrogens is 1110 g/mol. The summed E-state index contributed by atoms with van der Waals surface area (Å²) in [5.74, 6) is -4.39. The van der Waals surface area contributed by atoms with Gasteiger partial charge < -0.3 is 14.5 Å². The van der Waals surface area contributed by atoms with Crippen LogP contribution in [0, 0.1) is 10.8 Å². The van der Waals surface area contributed by atoms with Crippen LogP contribution < -0.4 is 0 Å². The molecule has 0 aromatic heterocycles. The molecule has 3 aliphatic rings. The Bertz CT molecular complexity index is 3220. The summed E-state index contributed by atoms with van der Waals surface area (Å²) in [6.07, 6.45) is 1.62. The van der Waals surface area contributed by atoms with Gasteiger partial charge in [0, 0.05) is 57.1 Å². The lowest BCUT2D eigenvalue weighted by atomic mass is 9.66. The zero-order valence-electron chi connectivity index (χ0n) is 44.5. The molecule has 0 radical (unpaired) electrons. The van der Waals surface area contributed by atoms with Crippen molar-refractivity contribution in [1.29, 1.82) is 0 Å². The van der Waals surface area contributed by atoms with Crippen molar-refractivity contribution in [3.05, 3.63) is 170 Å². The van der Waals surface area contributed by atoms with E-state index in [2.05, 4.69) is 0 Å². The Kier molecular flexibility index (Phi) is 18.6. The maximum absolute atomic E-state index is 15.7. The average Bonchev–Trinajstić information content (AvgIpc) is 3.59. The highest BCUT2D eigenvalue weighted by molar-refractivity contribution is 7.91. The van der Waals surface area contributed by atoms with Gasteiger partial charge in [0.2, 0.25) is 21.8 Å². The van der Waals surface area contributed by atoms with Crippen molar-refractivity contribution < 1.29 is 40.8 Å². The first-order valence-corrected chi connectivity index (χ1v) is 31.4. The third kappa shape index (κ3) is 12.7. The number of sulfonamides is 1. The number of nitrogens with zero attached hydrogens (tertiary/aromatic N) is 3. The Hall–Kier alpha value is -4.80. The maximum Gasteiger partial charge on any atom is 0.314 e. The van der Waals surface area contributed by atoms with Crippen LogP contribution in [0.4, 0.5) is 0 Å². The van der Waals surface area contributed by atoms with E-state index in [1.165, 1.54) is 16.4 Å². The molecule has 8 atom stereocenters. The molecule has 0 bridgehead atoms. The number of esters is 2. The van der Waals surface area contributed by atoms with E-state index >= 15 is 9.59 Å². The summed E-state index contributed by atoms with van der Waals surface area (Å²) in [6.45, 7) is 9.02. The molecular formula is C60H67Cl4N3O9S2. The van der Waals surface area contributed by atoms with Gasteiger partial charge in [-0.1, -0.05) is 154 Å². The van der Waals surface area contributed by atoms with Crippen molar-refractivity contribution in [2.45, 2.75) is 139 Å². The number of likely N-dealkylation sites (N-methyl/N-ethyl adjacent to an activating group) is 1. The van der Waals surface area contributed by atoms with Gasteiger partial charge in [0.1, 0.15) is 0 Å². The third-order valence-corrected chi connectivity index (χ3v) is 21.6. The molecule has 2 aliphatic heterocycles. The lowest BCUT2D eigenvalue weighted by Gasteiger charge is -2.52. The van der Waals surface area contributed by atoms with E-state index in [1.54, 1.807) is 97.3 Å². The number of sulfone groups is 1. The fraction of sp³-hybridized carbons (Fsp3) is 0.433. The van der Waals surface area contributed by atoms with Crippen LogP contribution in [0.25, 0.3) is 0 Å². The monoisotopic (exact) mass is 1180 g/mol. The number of hydrogen-bond donors (Lipinski definition) is 0. The van der Waals surface area contributed by atoms with E-state index in [-0.39, 0.29) is 37.2 Å². The van der Waals surface area contributed by atoms with Crippen molar-refractivity contribution in [3.8, 4) is 0 Å². The molecule has 0 N–H and O–H groups in total. The average molecular weight is 1180 g/mol. The van der Waals surface area contributed by atoms with Gasteiger partial charge in [-0.3, -0.25) is 19.2 Å². The van der Waals surface area contributed by atoms with E-state index in [4.69, 9.17) is 51.1 Å². The largest absolute Gasteiger partial charge is 0.393 e. The Morgan fingerprint density at radius 1 is 0.603 bits per heavy atom. The van der Waals surface area contributed by atoms with E-state index < -0.39 is 114 Å². The summed E-state index contributed by atoms with van der Waals surface area (Å²) in [4.78, 5) is 63.8. The second kappa shape index (κ2) is 24.5. The number of carbonyl (C=O) groups is 4. The molecule has 0 spiro atoms. The number of halogens is 4. The Balaban J connectivity index is 1.14. The van der Waals surface area contributed by atoms with E-state index in [9.17, 15) is 26.4 Å². The summed E-state index contributed by atoms with van der Waals surface area (Å²) < 4.78 is 63.7. The number of ether oxygens (including phenoxy) is 1. The van der Waals surface area contributed by atoms with Crippen LogP contribution in [0.15, 0.2) is 132 Å². The van der Waals surface area contributed by atoms with Crippen LogP contribution in [-0.4, -0.2) is 90.9 Å².